The number of azo groups is 1. The minimum absolute atomic E-state index is 0.0637. The highest BCUT2D eigenvalue weighted by atomic mass is 16.6. The summed E-state index contributed by atoms with van der Waals surface area (Å²) in [6, 6.07) is 14.8. The van der Waals surface area contributed by atoms with Gasteiger partial charge < -0.3 is 9.64 Å². The molecule has 0 saturated carbocycles. The smallest absolute Gasteiger partial charge is 0.340 e. The molecule has 0 aliphatic carbocycles. The fourth-order valence-corrected chi connectivity index (χ4v) is 2.58. The minimum atomic E-state index is -0.756. The number of hydrogen-bond acceptors (Lipinski definition) is 9. The number of nitro groups is 1. The molecule has 0 aromatic heterocycles. The third-order valence-electron chi connectivity index (χ3n) is 4.07. The van der Waals surface area contributed by atoms with E-state index in [1.807, 2.05) is 4.90 Å². The van der Waals surface area contributed by atoms with Gasteiger partial charge in [-0.25, -0.2) is 4.79 Å². The number of hydrogen-bond donors (Lipinski definition) is 0. The third-order valence-corrected chi connectivity index (χ3v) is 4.07. The molecule has 0 atom stereocenters. The van der Waals surface area contributed by atoms with Gasteiger partial charge in [-0.3, -0.25) is 10.1 Å². The number of carbonyl (C=O) groups excluding carboxylic acids is 1. The van der Waals surface area contributed by atoms with Crippen LogP contribution in [0.25, 0.3) is 0 Å². The van der Waals surface area contributed by atoms with E-state index in [1.54, 1.807) is 24.3 Å². The number of non-ortho nitro benzene ring substituents is 1. The molecule has 2 rings (SSSR count). The fourth-order valence-electron chi connectivity index (χ4n) is 2.58. The molecule has 152 valence electrons. The van der Waals surface area contributed by atoms with E-state index in [0.29, 0.717) is 31.6 Å². The van der Waals surface area contributed by atoms with E-state index < -0.39 is 10.9 Å². The molecule has 0 amide bonds. The lowest BCUT2D eigenvalue weighted by Gasteiger charge is -2.22. The molecule has 0 aliphatic rings. The summed E-state index contributed by atoms with van der Waals surface area (Å²) < 4.78 is 4.66. The first-order valence-corrected chi connectivity index (χ1v) is 8.87. The predicted octanol–water partition coefficient (Wildman–Crippen LogP) is 4.43. The van der Waals surface area contributed by atoms with Gasteiger partial charge in [0, 0.05) is 30.9 Å². The van der Waals surface area contributed by atoms with Crippen molar-refractivity contribution in [2.24, 2.45) is 10.2 Å². The summed E-state index contributed by atoms with van der Waals surface area (Å²) in [4.78, 5) is 24.2. The summed E-state index contributed by atoms with van der Waals surface area (Å²) in [6.45, 7) is 1.01. The van der Waals surface area contributed by atoms with Gasteiger partial charge in [-0.05, 0) is 30.3 Å². The van der Waals surface area contributed by atoms with E-state index in [-0.39, 0.29) is 16.9 Å². The van der Waals surface area contributed by atoms with Crippen LogP contribution < -0.4 is 4.90 Å². The highest BCUT2D eigenvalue weighted by Crippen LogP contribution is 2.28. The van der Waals surface area contributed by atoms with Crippen LogP contribution in [0.4, 0.5) is 22.7 Å². The quantitative estimate of drug-likeness (QED) is 0.259. The number of esters is 1. The Morgan fingerprint density at radius 1 is 1.10 bits per heavy atom. The molecule has 30 heavy (non-hydrogen) atoms. The van der Waals surface area contributed by atoms with Crippen LogP contribution in [0.2, 0.25) is 0 Å². The van der Waals surface area contributed by atoms with Crippen LogP contribution in [0.3, 0.4) is 0 Å². The maximum Gasteiger partial charge on any atom is 0.340 e. The Bertz CT molecular complexity index is 1000. The van der Waals surface area contributed by atoms with E-state index in [0.717, 1.165) is 11.8 Å². The van der Waals surface area contributed by atoms with Gasteiger partial charge in [0.2, 0.25) is 0 Å². The van der Waals surface area contributed by atoms with Crippen LogP contribution >= 0.6 is 0 Å². The Morgan fingerprint density at radius 3 is 2.27 bits per heavy atom. The molecule has 0 N–H and O–H groups in total. The van der Waals surface area contributed by atoms with Gasteiger partial charge in [0.15, 0.2) is 0 Å². The zero-order valence-electron chi connectivity index (χ0n) is 16.2. The highest BCUT2D eigenvalue weighted by molar-refractivity contribution is 5.95. The maximum absolute atomic E-state index is 11.9. The Labute approximate surface area is 172 Å². The van der Waals surface area contributed by atoms with Crippen molar-refractivity contribution < 1.29 is 14.5 Å². The second kappa shape index (κ2) is 10.9. The highest BCUT2D eigenvalue weighted by Gasteiger charge is 2.17. The first kappa shape index (κ1) is 22.0. The Balaban J connectivity index is 2.24. The topological polar surface area (TPSA) is 145 Å². The molecule has 0 bridgehead atoms. The van der Waals surface area contributed by atoms with Crippen LogP contribution in [-0.4, -0.2) is 31.1 Å². The summed E-state index contributed by atoms with van der Waals surface area (Å²) >= 11 is 0. The van der Waals surface area contributed by atoms with Gasteiger partial charge in [0.05, 0.1) is 48.3 Å². The monoisotopic (exact) mass is 406 g/mol. The van der Waals surface area contributed by atoms with Crippen molar-refractivity contribution >= 4 is 28.7 Å². The zero-order chi connectivity index (χ0) is 21.9. The van der Waals surface area contributed by atoms with Gasteiger partial charge in [0.1, 0.15) is 5.69 Å². The predicted molar refractivity (Wildman–Crippen MR) is 108 cm³/mol. The molecule has 0 unspecified atom stereocenters. The molecule has 0 radical (unpaired) electrons. The van der Waals surface area contributed by atoms with Crippen LogP contribution in [0.5, 0.6) is 0 Å². The van der Waals surface area contributed by atoms with Crippen molar-refractivity contribution in [1.82, 2.24) is 0 Å². The number of ether oxygens (including phenoxy) is 1. The number of nitriles is 2. The lowest BCUT2D eigenvalue weighted by atomic mass is 10.1. The molecule has 2 aromatic rings. The second-order valence-corrected chi connectivity index (χ2v) is 5.97. The van der Waals surface area contributed by atoms with Crippen molar-refractivity contribution in [2.45, 2.75) is 12.8 Å². The number of anilines is 1. The molecular weight excluding hydrogens is 388 g/mol. The molecule has 0 heterocycles. The van der Waals surface area contributed by atoms with Crippen LogP contribution in [0, 0.1) is 32.8 Å². The second-order valence-electron chi connectivity index (χ2n) is 5.97. The number of benzene rings is 2. The average molecular weight is 406 g/mol. The van der Waals surface area contributed by atoms with E-state index in [9.17, 15) is 14.9 Å². The molecule has 10 nitrogen and oxygen atoms in total. The summed E-state index contributed by atoms with van der Waals surface area (Å²) in [5.74, 6) is -0.756. The van der Waals surface area contributed by atoms with Crippen LogP contribution in [-0.2, 0) is 4.74 Å². The van der Waals surface area contributed by atoms with Gasteiger partial charge >= 0.3 is 5.97 Å². The molecule has 10 heteroatoms. The normalized spacial score (nSPS) is 10.2. The fraction of sp³-hybridized carbons (Fsp3) is 0.250. The first-order valence-electron chi connectivity index (χ1n) is 8.87. The largest absolute Gasteiger partial charge is 0.465 e. The number of nitrogens with zero attached hydrogens (tertiary/aromatic N) is 6. The van der Waals surface area contributed by atoms with E-state index in [1.165, 1.54) is 19.2 Å². The van der Waals surface area contributed by atoms with Crippen LogP contribution in [0.1, 0.15) is 23.2 Å². The zero-order valence-corrected chi connectivity index (χ0v) is 16.2. The molecule has 2 aromatic carbocycles. The summed E-state index contributed by atoms with van der Waals surface area (Å²) in [7, 11) is 1.17. The SMILES string of the molecule is COC(=O)c1cc([N+](=O)[O-])ccc1N=Nc1ccc(N(CCC#N)CCC#N)cc1. The number of nitro benzene ring substituents is 1. The number of methoxy groups -OCH3 is 1. The standard InChI is InChI=1S/C20H18N6O4/c1-30-20(27)18-14-17(26(28)29)8-9-19(18)24-23-15-4-6-16(7-5-15)25(12-2-10-21)13-3-11-22/h4-9,14H,2-3,12-13H2,1H3. The van der Waals surface area contributed by atoms with Crippen molar-refractivity contribution in [2.75, 3.05) is 25.1 Å². The lowest BCUT2D eigenvalue weighted by molar-refractivity contribution is -0.384. The van der Waals surface area contributed by atoms with E-state index in [4.69, 9.17) is 10.5 Å². The van der Waals surface area contributed by atoms with Crippen molar-refractivity contribution in [3.8, 4) is 12.1 Å². The number of rotatable bonds is 9. The molecule has 0 fully saturated rings. The Morgan fingerprint density at radius 2 is 1.73 bits per heavy atom. The maximum atomic E-state index is 11.9. The average Bonchev–Trinajstić information content (AvgIpc) is 2.77. The third kappa shape index (κ3) is 5.84. The Hall–Kier alpha value is -4.31. The molecule has 0 aliphatic heterocycles. The van der Waals surface area contributed by atoms with Crippen molar-refractivity contribution in [1.29, 1.82) is 10.5 Å². The van der Waals surface area contributed by atoms with Crippen LogP contribution in [0.15, 0.2) is 52.7 Å². The molecular formula is C20H18N6O4. The van der Waals surface area contributed by atoms with Gasteiger partial charge in [-0.15, -0.1) is 5.11 Å². The number of carbonyl (C=O) groups is 1. The van der Waals surface area contributed by atoms with Crippen molar-refractivity contribution in [3.05, 3.63) is 58.1 Å². The lowest BCUT2D eigenvalue weighted by Crippen LogP contribution is -2.25. The van der Waals surface area contributed by atoms with Gasteiger partial charge in [-0.2, -0.15) is 15.6 Å². The van der Waals surface area contributed by atoms with Gasteiger partial charge in [-0.1, -0.05) is 0 Å². The van der Waals surface area contributed by atoms with Gasteiger partial charge in [0.25, 0.3) is 5.69 Å². The summed E-state index contributed by atoms with van der Waals surface area (Å²) in [5, 5.41) is 36.6. The molecule has 0 spiro atoms. The summed E-state index contributed by atoms with van der Waals surface area (Å²) in [5.41, 5.74) is 1.15. The first-order chi connectivity index (χ1) is 14.5. The summed E-state index contributed by atoms with van der Waals surface area (Å²) in [6.07, 6.45) is 0.673. The minimum Gasteiger partial charge on any atom is -0.465 e. The van der Waals surface area contributed by atoms with Crippen molar-refractivity contribution in [3.63, 3.8) is 0 Å². The Kier molecular flexibility index (Phi) is 7.97. The van der Waals surface area contributed by atoms with E-state index >= 15 is 0 Å². The molecule has 0 saturated heterocycles. The van der Waals surface area contributed by atoms with E-state index in [2.05, 4.69) is 27.1 Å².